The van der Waals surface area contributed by atoms with E-state index in [1.54, 1.807) is 12.3 Å². The van der Waals surface area contributed by atoms with E-state index in [4.69, 9.17) is 4.42 Å². The number of hydrogen-bond acceptors (Lipinski definition) is 3. The minimum absolute atomic E-state index is 0.106. The molecule has 1 saturated heterocycles. The van der Waals surface area contributed by atoms with Gasteiger partial charge in [-0.15, -0.1) is 0 Å². The topological polar surface area (TPSA) is 45.5 Å². The number of furan rings is 1. The lowest BCUT2D eigenvalue weighted by Gasteiger charge is -2.33. The molecule has 1 aromatic heterocycles. The fourth-order valence-electron chi connectivity index (χ4n) is 4.17. The second kappa shape index (κ2) is 9.69. The fourth-order valence-corrected chi connectivity index (χ4v) is 4.17. The van der Waals surface area contributed by atoms with E-state index in [2.05, 4.69) is 41.4 Å². The number of rotatable bonds is 6. The van der Waals surface area contributed by atoms with Gasteiger partial charge in [-0.1, -0.05) is 49.4 Å². The molecule has 2 heterocycles. The Morgan fingerprint density at radius 3 is 2.55 bits per heavy atom. The predicted octanol–water partition coefficient (Wildman–Crippen LogP) is 5.93. The van der Waals surface area contributed by atoms with E-state index >= 15 is 0 Å². The van der Waals surface area contributed by atoms with Crippen LogP contribution in [0.3, 0.4) is 0 Å². The number of amides is 1. The zero-order valence-electron chi connectivity index (χ0n) is 18.3. The van der Waals surface area contributed by atoms with Crippen molar-refractivity contribution < 1.29 is 9.21 Å². The smallest absolute Gasteiger partial charge is 0.252 e. The van der Waals surface area contributed by atoms with E-state index in [0.717, 1.165) is 30.1 Å². The molecule has 1 fully saturated rings. The number of hydrogen-bond donors (Lipinski definition) is 1. The molecule has 31 heavy (non-hydrogen) atoms. The highest BCUT2D eigenvalue weighted by Crippen LogP contribution is 2.25. The number of carbonyl (C=O) groups is 1. The molecule has 3 aromatic rings. The Kier molecular flexibility index (Phi) is 6.56. The van der Waals surface area contributed by atoms with Crippen molar-refractivity contribution in [3.63, 3.8) is 0 Å². The van der Waals surface area contributed by atoms with Crippen molar-refractivity contribution in [3.8, 4) is 0 Å². The molecule has 1 N–H and O–H groups in total. The Labute approximate surface area is 184 Å². The molecule has 4 nitrogen and oxygen atoms in total. The number of nitrogens with one attached hydrogen (secondary N) is 1. The number of piperidine rings is 1. The highest BCUT2D eigenvalue weighted by molar-refractivity contribution is 6.24. The van der Waals surface area contributed by atoms with Crippen molar-refractivity contribution in [1.82, 2.24) is 5.32 Å². The van der Waals surface area contributed by atoms with E-state index < -0.39 is 0 Å². The van der Waals surface area contributed by atoms with Crippen LogP contribution in [0, 0.1) is 5.92 Å². The van der Waals surface area contributed by atoms with Gasteiger partial charge in [-0.3, -0.25) is 4.79 Å². The van der Waals surface area contributed by atoms with Gasteiger partial charge in [0.25, 0.3) is 5.91 Å². The summed E-state index contributed by atoms with van der Waals surface area (Å²) in [5, 5.41) is 3.15. The summed E-state index contributed by atoms with van der Waals surface area (Å²) in [6.07, 6.45) is 5.96. The standard InChI is InChI=1S/C27H30N2O2/c1-20-8-6-16-29(19-20)24-14-12-22(13-15-24)21(2)28-27(30)26(18-25-11-7-17-31-25)23-9-4-3-5-10-23/h3-5,7,9-15,17-18,20-21H,6,8,16,19H2,1-2H3,(H,28,30)/b26-18+/t20-,21-/m0/s1. The monoisotopic (exact) mass is 414 g/mol. The van der Waals surface area contributed by atoms with Gasteiger partial charge in [-0.25, -0.2) is 0 Å². The minimum Gasteiger partial charge on any atom is -0.465 e. The van der Waals surface area contributed by atoms with Crippen LogP contribution in [-0.4, -0.2) is 19.0 Å². The molecule has 0 aliphatic carbocycles. The van der Waals surface area contributed by atoms with Crippen molar-refractivity contribution in [3.05, 3.63) is 89.9 Å². The fraction of sp³-hybridized carbons (Fsp3) is 0.296. The quantitative estimate of drug-likeness (QED) is 0.508. The van der Waals surface area contributed by atoms with E-state index in [9.17, 15) is 4.79 Å². The number of benzene rings is 2. The summed E-state index contributed by atoms with van der Waals surface area (Å²) in [5.74, 6) is 1.27. The molecule has 160 valence electrons. The van der Waals surface area contributed by atoms with E-state index in [0.29, 0.717) is 11.3 Å². The Morgan fingerprint density at radius 2 is 1.87 bits per heavy atom. The van der Waals surface area contributed by atoms with Crippen molar-refractivity contribution >= 4 is 23.2 Å². The maximum Gasteiger partial charge on any atom is 0.252 e. The summed E-state index contributed by atoms with van der Waals surface area (Å²) in [6, 6.07) is 21.8. The molecule has 2 atom stereocenters. The molecule has 0 bridgehead atoms. The first kappa shape index (κ1) is 21.0. The molecule has 2 aromatic carbocycles. The first-order valence-electron chi connectivity index (χ1n) is 11.1. The molecule has 1 amide bonds. The summed E-state index contributed by atoms with van der Waals surface area (Å²) < 4.78 is 5.44. The van der Waals surface area contributed by atoms with Gasteiger partial charge in [-0.05, 0) is 67.2 Å². The van der Waals surface area contributed by atoms with Crippen LogP contribution in [0.1, 0.15) is 49.6 Å². The molecular weight excluding hydrogens is 384 g/mol. The predicted molar refractivity (Wildman–Crippen MR) is 127 cm³/mol. The number of anilines is 1. The van der Waals surface area contributed by atoms with Gasteiger partial charge < -0.3 is 14.6 Å². The Bertz CT molecular complexity index is 1010. The summed E-state index contributed by atoms with van der Waals surface area (Å²) >= 11 is 0. The number of nitrogens with zero attached hydrogens (tertiary/aromatic N) is 1. The Morgan fingerprint density at radius 1 is 1.10 bits per heavy atom. The van der Waals surface area contributed by atoms with Crippen LogP contribution in [-0.2, 0) is 4.79 Å². The molecule has 1 aliphatic heterocycles. The summed E-state index contributed by atoms with van der Waals surface area (Å²) in [4.78, 5) is 15.6. The highest BCUT2D eigenvalue weighted by atomic mass is 16.3. The first-order chi connectivity index (χ1) is 15.1. The molecule has 0 unspecified atom stereocenters. The molecule has 0 radical (unpaired) electrons. The van der Waals surface area contributed by atoms with Crippen molar-refractivity contribution in [1.29, 1.82) is 0 Å². The maximum absolute atomic E-state index is 13.2. The van der Waals surface area contributed by atoms with Gasteiger partial charge in [0.05, 0.1) is 17.9 Å². The Hall–Kier alpha value is -3.27. The third kappa shape index (κ3) is 5.26. The average molecular weight is 415 g/mol. The van der Waals surface area contributed by atoms with Crippen LogP contribution < -0.4 is 10.2 Å². The number of carbonyl (C=O) groups excluding carboxylic acids is 1. The molecule has 4 rings (SSSR count). The molecule has 1 aliphatic rings. The third-order valence-corrected chi connectivity index (χ3v) is 5.92. The third-order valence-electron chi connectivity index (χ3n) is 5.92. The SMILES string of the molecule is C[C@H]1CCCN(c2ccc([C@H](C)NC(=O)/C(=C/c3ccco3)c3ccccc3)cc2)C1. The Balaban J connectivity index is 1.48. The minimum atomic E-state index is -0.121. The van der Waals surface area contributed by atoms with Gasteiger partial charge in [-0.2, -0.15) is 0 Å². The zero-order valence-corrected chi connectivity index (χ0v) is 18.3. The van der Waals surface area contributed by atoms with Crippen LogP contribution in [0.4, 0.5) is 5.69 Å². The van der Waals surface area contributed by atoms with Gasteiger partial charge in [0.15, 0.2) is 0 Å². The van der Waals surface area contributed by atoms with Crippen LogP contribution in [0.15, 0.2) is 77.4 Å². The van der Waals surface area contributed by atoms with E-state index in [1.807, 2.05) is 49.4 Å². The lowest BCUT2D eigenvalue weighted by Crippen LogP contribution is -2.34. The van der Waals surface area contributed by atoms with Gasteiger partial charge in [0, 0.05) is 18.8 Å². The zero-order chi connectivity index (χ0) is 21.6. The van der Waals surface area contributed by atoms with E-state index in [-0.39, 0.29) is 11.9 Å². The molecule has 0 spiro atoms. The van der Waals surface area contributed by atoms with Crippen molar-refractivity contribution in [2.45, 2.75) is 32.7 Å². The van der Waals surface area contributed by atoms with Crippen LogP contribution >= 0.6 is 0 Å². The average Bonchev–Trinajstić information content (AvgIpc) is 3.31. The normalized spacial score (nSPS) is 17.9. The molecule has 4 heteroatoms. The second-order valence-electron chi connectivity index (χ2n) is 8.42. The summed E-state index contributed by atoms with van der Waals surface area (Å²) in [5.41, 5.74) is 3.79. The van der Waals surface area contributed by atoms with Gasteiger partial charge in [0.2, 0.25) is 0 Å². The maximum atomic E-state index is 13.2. The van der Waals surface area contributed by atoms with Crippen LogP contribution in [0.5, 0.6) is 0 Å². The summed E-state index contributed by atoms with van der Waals surface area (Å²) in [6.45, 7) is 6.57. The molecule has 0 saturated carbocycles. The highest BCUT2D eigenvalue weighted by Gasteiger charge is 2.18. The van der Waals surface area contributed by atoms with Crippen LogP contribution in [0.25, 0.3) is 11.6 Å². The van der Waals surface area contributed by atoms with Crippen LogP contribution in [0.2, 0.25) is 0 Å². The first-order valence-corrected chi connectivity index (χ1v) is 11.1. The largest absolute Gasteiger partial charge is 0.465 e. The molecular formula is C27H30N2O2. The van der Waals surface area contributed by atoms with E-state index in [1.165, 1.54) is 18.5 Å². The lowest BCUT2D eigenvalue weighted by molar-refractivity contribution is -0.116. The second-order valence-corrected chi connectivity index (χ2v) is 8.42. The summed E-state index contributed by atoms with van der Waals surface area (Å²) in [7, 11) is 0. The van der Waals surface area contributed by atoms with Gasteiger partial charge in [0.1, 0.15) is 5.76 Å². The van der Waals surface area contributed by atoms with Gasteiger partial charge >= 0.3 is 0 Å². The van der Waals surface area contributed by atoms with Crippen molar-refractivity contribution in [2.75, 3.05) is 18.0 Å². The van der Waals surface area contributed by atoms with Crippen molar-refractivity contribution in [2.24, 2.45) is 5.92 Å². The lowest BCUT2D eigenvalue weighted by atomic mass is 9.99.